The van der Waals surface area contributed by atoms with Gasteiger partial charge in [-0.15, -0.1) is 0 Å². The first-order valence-electron chi connectivity index (χ1n) is 13.1. The molecule has 0 bridgehead atoms. The van der Waals surface area contributed by atoms with E-state index >= 15 is 0 Å². The van der Waals surface area contributed by atoms with Crippen molar-refractivity contribution >= 4 is 42.7 Å². The van der Waals surface area contributed by atoms with E-state index in [9.17, 15) is 4.79 Å². The second-order valence-electron chi connectivity index (χ2n) is 9.10. The number of hydrogen-bond acceptors (Lipinski definition) is 9. The summed E-state index contributed by atoms with van der Waals surface area (Å²) in [5.41, 5.74) is 1.17. The SMILES string of the molecule is COc1ccccc1N1CCN(CCN(CCCN(CCS)CC(=O)NCCS)c2ccccn2)CC1. The zero-order valence-electron chi connectivity index (χ0n) is 22.0. The van der Waals surface area contributed by atoms with Crippen LogP contribution < -0.4 is 19.9 Å². The van der Waals surface area contributed by atoms with Gasteiger partial charge in [0.1, 0.15) is 11.6 Å². The van der Waals surface area contributed by atoms with Gasteiger partial charge >= 0.3 is 0 Å². The lowest BCUT2D eigenvalue weighted by atomic mass is 10.2. The van der Waals surface area contributed by atoms with Gasteiger partial charge in [-0.25, -0.2) is 4.98 Å². The highest BCUT2D eigenvalue weighted by Crippen LogP contribution is 2.28. The second-order valence-corrected chi connectivity index (χ2v) is 10.00. The number of pyridine rings is 1. The lowest BCUT2D eigenvalue weighted by Gasteiger charge is -2.37. The quantitative estimate of drug-likeness (QED) is 0.280. The van der Waals surface area contributed by atoms with Crippen molar-refractivity contribution in [3.8, 4) is 5.75 Å². The maximum absolute atomic E-state index is 12.2. The fourth-order valence-electron chi connectivity index (χ4n) is 4.60. The number of piperazine rings is 1. The van der Waals surface area contributed by atoms with Crippen molar-refractivity contribution in [2.24, 2.45) is 0 Å². The Labute approximate surface area is 233 Å². The van der Waals surface area contributed by atoms with Crippen molar-refractivity contribution in [3.63, 3.8) is 0 Å². The van der Waals surface area contributed by atoms with E-state index in [1.54, 1.807) is 7.11 Å². The summed E-state index contributed by atoms with van der Waals surface area (Å²) >= 11 is 8.55. The molecule has 0 unspecified atom stereocenters. The highest BCUT2D eigenvalue weighted by atomic mass is 32.1. The van der Waals surface area contributed by atoms with Gasteiger partial charge < -0.3 is 19.9 Å². The predicted octanol–water partition coefficient (Wildman–Crippen LogP) is 2.39. The van der Waals surface area contributed by atoms with Crippen molar-refractivity contribution in [1.29, 1.82) is 0 Å². The number of nitrogens with one attached hydrogen (secondary N) is 1. The Bertz CT molecular complexity index is 915. The van der Waals surface area contributed by atoms with Crippen molar-refractivity contribution < 1.29 is 9.53 Å². The van der Waals surface area contributed by atoms with E-state index < -0.39 is 0 Å². The number of para-hydroxylation sites is 2. The zero-order chi connectivity index (χ0) is 26.3. The molecule has 2 heterocycles. The van der Waals surface area contributed by atoms with E-state index in [0.29, 0.717) is 18.8 Å². The van der Waals surface area contributed by atoms with E-state index in [2.05, 4.69) is 73.4 Å². The van der Waals surface area contributed by atoms with E-state index in [1.807, 2.05) is 30.5 Å². The van der Waals surface area contributed by atoms with Crippen molar-refractivity contribution in [1.82, 2.24) is 20.1 Å². The summed E-state index contributed by atoms with van der Waals surface area (Å²) in [6.07, 6.45) is 2.80. The van der Waals surface area contributed by atoms with Gasteiger partial charge in [0, 0.05) is 83.2 Å². The number of rotatable bonds is 16. The summed E-state index contributed by atoms with van der Waals surface area (Å²) in [6.45, 7) is 9.42. The van der Waals surface area contributed by atoms with Crippen LogP contribution in [-0.4, -0.2) is 111 Å². The topological polar surface area (TPSA) is 64.2 Å². The van der Waals surface area contributed by atoms with Gasteiger partial charge in [-0.2, -0.15) is 25.3 Å². The minimum atomic E-state index is 0.0460. The number of anilines is 2. The second kappa shape index (κ2) is 16.7. The monoisotopic (exact) mass is 546 g/mol. The van der Waals surface area contributed by atoms with Crippen LogP contribution in [-0.2, 0) is 4.79 Å². The Morgan fingerprint density at radius 3 is 2.49 bits per heavy atom. The maximum atomic E-state index is 12.2. The molecule has 37 heavy (non-hydrogen) atoms. The summed E-state index contributed by atoms with van der Waals surface area (Å²) < 4.78 is 5.56. The van der Waals surface area contributed by atoms with Crippen LogP contribution in [0.5, 0.6) is 5.75 Å². The standard InChI is InChI=1S/C27H42N6O2S2/c1-35-25-8-3-2-7-24(25)32-17-14-30(15-18-32)16-19-33(26-9-4-5-10-28-26)13-6-12-31(20-22-37)23-27(34)29-11-21-36/h2-5,7-10,36-37H,6,11-23H2,1H3,(H,29,34). The summed E-state index contributed by atoms with van der Waals surface area (Å²) in [6, 6.07) is 14.3. The number of carbonyl (C=O) groups excluding carboxylic acids is 1. The number of benzene rings is 1. The molecule has 3 rings (SSSR count). The molecular weight excluding hydrogens is 504 g/mol. The Hall–Kier alpha value is -2.14. The van der Waals surface area contributed by atoms with E-state index in [0.717, 1.165) is 82.6 Å². The number of ether oxygens (including phenoxy) is 1. The predicted molar refractivity (Wildman–Crippen MR) is 160 cm³/mol. The molecule has 0 atom stereocenters. The number of thiol groups is 2. The minimum Gasteiger partial charge on any atom is -0.495 e. The highest BCUT2D eigenvalue weighted by molar-refractivity contribution is 7.80. The third-order valence-corrected chi connectivity index (χ3v) is 7.00. The van der Waals surface area contributed by atoms with Crippen molar-refractivity contribution in [3.05, 3.63) is 48.7 Å². The van der Waals surface area contributed by atoms with Crippen LogP contribution in [0, 0.1) is 0 Å². The molecule has 204 valence electrons. The van der Waals surface area contributed by atoms with Gasteiger partial charge in [-0.1, -0.05) is 18.2 Å². The lowest BCUT2D eigenvalue weighted by molar-refractivity contribution is -0.122. The molecular formula is C27H42N6O2S2. The average molecular weight is 547 g/mol. The zero-order valence-corrected chi connectivity index (χ0v) is 23.8. The Morgan fingerprint density at radius 1 is 1.00 bits per heavy atom. The molecule has 2 aromatic rings. The average Bonchev–Trinajstić information content (AvgIpc) is 2.94. The molecule has 1 fully saturated rings. The van der Waals surface area contributed by atoms with Crippen LogP contribution >= 0.6 is 25.3 Å². The molecule has 1 amide bonds. The molecule has 1 aliphatic heterocycles. The number of methoxy groups -OCH3 is 1. The molecule has 1 aromatic heterocycles. The maximum Gasteiger partial charge on any atom is 0.234 e. The number of carbonyl (C=O) groups is 1. The lowest BCUT2D eigenvalue weighted by Crippen LogP contribution is -2.49. The Morgan fingerprint density at radius 2 is 1.78 bits per heavy atom. The smallest absolute Gasteiger partial charge is 0.234 e. The Balaban J connectivity index is 1.50. The molecule has 0 spiro atoms. The molecule has 0 aliphatic carbocycles. The molecule has 0 saturated carbocycles. The van der Waals surface area contributed by atoms with Crippen LogP contribution in [0.2, 0.25) is 0 Å². The Kier molecular flexibility index (Phi) is 13.2. The van der Waals surface area contributed by atoms with E-state index in [1.165, 1.54) is 5.69 Å². The molecule has 1 aromatic carbocycles. The summed E-state index contributed by atoms with van der Waals surface area (Å²) in [7, 11) is 1.73. The summed E-state index contributed by atoms with van der Waals surface area (Å²) in [5.74, 6) is 3.35. The fourth-order valence-corrected chi connectivity index (χ4v) is 4.99. The van der Waals surface area contributed by atoms with Gasteiger partial charge in [-0.3, -0.25) is 14.6 Å². The van der Waals surface area contributed by atoms with Crippen molar-refractivity contribution in [2.45, 2.75) is 6.42 Å². The minimum absolute atomic E-state index is 0.0460. The third-order valence-electron chi connectivity index (χ3n) is 6.58. The molecule has 10 heteroatoms. The number of amides is 1. The van der Waals surface area contributed by atoms with E-state index in [-0.39, 0.29) is 5.91 Å². The van der Waals surface area contributed by atoms with Gasteiger partial charge in [0.15, 0.2) is 0 Å². The van der Waals surface area contributed by atoms with Crippen LogP contribution in [0.3, 0.4) is 0 Å². The summed E-state index contributed by atoms with van der Waals surface area (Å²) in [5, 5.41) is 2.90. The molecule has 0 radical (unpaired) electrons. The normalized spacial score (nSPS) is 14.1. The van der Waals surface area contributed by atoms with Crippen LogP contribution in [0.1, 0.15) is 6.42 Å². The first-order chi connectivity index (χ1) is 18.1. The van der Waals surface area contributed by atoms with Gasteiger partial charge in [-0.05, 0) is 30.7 Å². The van der Waals surface area contributed by atoms with Gasteiger partial charge in [0.25, 0.3) is 0 Å². The van der Waals surface area contributed by atoms with E-state index in [4.69, 9.17) is 4.74 Å². The van der Waals surface area contributed by atoms with Gasteiger partial charge in [0.2, 0.25) is 5.91 Å². The molecule has 1 saturated heterocycles. The molecule has 8 nitrogen and oxygen atoms in total. The number of hydrogen-bond donors (Lipinski definition) is 3. The van der Waals surface area contributed by atoms with Gasteiger partial charge in [0.05, 0.1) is 19.3 Å². The highest BCUT2D eigenvalue weighted by Gasteiger charge is 2.20. The number of nitrogens with zero attached hydrogens (tertiary/aromatic N) is 5. The number of aromatic nitrogens is 1. The first-order valence-corrected chi connectivity index (χ1v) is 14.4. The first kappa shape index (κ1) is 29.4. The fraction of sp³-hybridized carbons (Fsp3) is 0.556. The third kappa shape index (κ3) is 9.92. The molecule has 1 aliphatic rings. The molecule has 1 N–H and O–H groups in total. The van der Waals surface area contributed by atoms with Crippen LogP contribution in [0.15, 0.2) is 48.7 Å². The largest absolute Gasteiger partial charge is 0.495 e. The van der Waals surface area contributed by atoms with Crippen LogP contribution in [0.25, 0.3) is 0 Å². The summed E-state index contributed by atoms with van der Waals surface area (Å²) in [4.78, 5) is 26.3. The van der Waals surface area contributed by atoms with Crippen molar-refractivity contribution in [2.75, 3.05) is 100 Å². The van der Waals surface area contributed by atoms with Crippen LogP contribution in [0.4, 0.5) is 11.5 Å².